The first-order valence-electron chi connectivity index (χ1n) is 6.34. The van der Waals surface area contributed by atoms with Crippen molar-refractivity contribution in [2.75, 3.05) is 13.2 Å². The summed E-state index contributed by atoms with van der Waals surface area (Å²) in [6.07, 6.45) is 2.01. The van der Waals surface area contributed by atoms with Crippen molar-refractivity contribution in [2.24, 2.45) is 11.7 Å². The van der Waals surface area contributed by atoms with Crippen molar-refractivity contribution in [3.63, 3.8) is 0 Å². The van der Waals surface area contributed by atoms with Gasteiger partial charge in [0, 0.05) is 6.04 Å². The molecule has 1 aromatic carbocycles. The van der Waals surface area contributed by atoms with Gasteiger partial charge in [-0.3, -0.25) is 0 Å². The third-order valence-corrected chi connectivity index (χ3v) is 3.37. The predicted molar refractivity (Wildman–Crippen MR) is 68.6 cm³/mol. The molecule has 1 aliphatic heterocycles. The normalized spacial score (nSPS) is 17.6. The highest BCUT2D eigenvalue weighted by molar-refractivity contribution is 5.43. The third-order valence-electron chi connectivity index (χ3n) is 3.37. The van der Waals surface area contributed by atoms with Crippen LogP contribution in [0.2, 0.25) is 0 Å². The van der Waals surface area contributed by atoms with Gasteiger partial charge in [-0.25, -0.2) is 0 Å². The van der Waals surface area contributed by atoms with E-state index in [4.69, 9.17) is 15.2 Å². The molecule has 0 fully saturated rings. The van der Waals surface area contributed by atoms with Crippen LogP contribution in [0.3, 0.4) is 0 Å². The maximum absolute atomic E-state index is 6.05. The van der Waals surface area contributed by atoms with E-state index < -0.39 is 0 Å². The van der Waals surface area contributed by atoms with E-state index in [0.29, 0.717) is 19.1 Å². The molecular formula is C14H21NO2. The van der Waals surface area contributed by atoms with Gasteiger partial charge in [-0.1, -0.05) is 19.9 Å². The molecule has 1 aliphatic rings. The van der Waals surface area contributed by atoms with Crippen LogP contribution in [0.25, 0.3) is 0 Å². The lowest BCUT2D eigenvalue weighted by Gasteiger charge is -2.21. The lowest BCUT2D eigenvalue weighted by molar-refractivity contribution is 0.171. The highest BCUT2D eigenvalue weighted by Gasteiger charge is 2.15. The first-order valence-corrected chi connectivity index (χ1v) is 6.34. The Balaban J connectivity index is 2.06. The molecule has 0 saturated heterocycles. The quantitative estimate of drug-likeness (QED) is 0.871. The Morgan fingerprint density at radius 2 is 1.94 bits per heavy atom. The zero-order valence-corrected chi connectivity index (χ0v) is 10.6. The van der Waals surface area contributed by atoms with Crippen molar-refractivity contribution in [2.45, 2.75) is 32.7 Å². The molecule has 1 heterocycles. The average Bonchev–Trinajstić information content (AvgIpc) is 2.37. The van der Waals surface area contributed by atoms with Crippen molar-refractivity contribution in [1.29, 1.82) is 0 Å². The average molecular weight is 235 g/mol. The highest BCUT2D eigenvalue weighted by atomic mass is 16.6. The number of ether oxygens (including phenoxy) is 2. The predicted octanol–water partition coefficient (Wildman–Crippen LogP) is 2.37. The fraction of sp³-hybridized carbons (Fsp3) is 0.571. The van der Waals surface area contributed by atoms with Crippen LogP contribution in [0.15, 0.2) is 18.2 Å². The largest absolute Gasteiger partial charge is 0.486 e. The Hall–Kier alpha value is -1.22. The van der Waals surface area contributed by atoms with Gasteiger partial charge in [0.05, 0.1) is 0 Å². The minimum absolute atomic E-state index is 0.267. The van der Waals surface area contributed by atoms with Crippen molar-refractivity contribution < 1.29 is 9.47 Å². The van der Waals surface area contributed by atoms with E-state index in [9.17, 15) is 0 Å². The Labute approximate surface area is 103 Å². The molecule has 0 saturated carbocycles. The summed E-state index contributed by atoms with van der Waals surface area (Å²) >= 11 is 0. The molecule has 0 amide bonds. The molecule has 0 aromatic heterocycles. The lowest BCUT2D eigenvalue weighted by Crippen LogP contribution is -2.28. The second-order valence-electron chi connectivity index (χ2n) is 4.73. The first kappa shape index (κ1) is 12.2. The van der Waals surface area contributed by atoms with Gasteiger partial charge in [0.15, 0.2) is 11.5 Å². The number of benzene rings is 1. The van der Waals surface area contributed by atoms with E-state index in [1.807, 2.05) is 6.07 Å². The standard InChI is InChI=1S/C14H21NO2/c1-3-12(15)10(2)8-11-4-5-13-14(9-11)17-7-6-16-13/h4-5,9-10,12H,3,6-8,15H2,1-2H3. The number of fused-ring (bicyclic) bond motifs is 1. The van der Waals surface area contributed by atoms with Gasteiger partial charge in [0.2, 0.25) is 0 Å². The van der Waals surface area contributed by atoms with E-state index in [1.165, 1.54) is 5.56 Å². The van der Waals surface area contributed by atoms with E-state index in [0.717, 1.165) is 24.3 Å². The van der Waals surface area contributed by atoms with Crippen molar-refractivity contribution in [1.82, 2.24) is 0 Å². The van der Waals surface area contributed by atoms with Crippen LogP contribution in [0, 0.1) is 5.92 Å². The van der Waals surface area contributed by atoms with E-state index in [1.54, 1.807) is 0 Å². The smallest absolute Gasteiger partial charge is 0.161 e. The molecular weight excluding hydrogens is 214 g/mol. The van der Waals surface area contributed by atoms with Gasteiger partial charge >= 0.3 is 0 Å². The number of nitrogens with two attached hydrogens (primary N) is 1. The van der Waals surface area contributed by atoms with Gasteiger partial charge in [-0.05, 0) is 36.5 Å². The molecule has 0 radical (unpaired) electrons. The van der Waals surface area contributed by atoms with Crippen LogP contribution in [-0.2, 0) is 6.42 Å². The summed E-state index contributed by atoms with van der Waals surface area (Å²) < 4.78 is 11.1. The van der Waals surface area contributed by atoms with E-state index >= 15 is 0 Å². The van der Waals surface area contributed by atoms with Crippen molar-refractivity contribution in [3.05, 3.63) is 23.8 Å². The van der Waals surface area contributed by atoms with Gasteiger partial charge in [0.25, 0.3) is 0 Å². The Bertz CT molecular complexity index is 378. The summed E-state index contributed by atoms with van der Waals surface area (Å²) in [5.74, 6) is 2.21. The fourth-order valence-corrected chi connectivity index (χ4v) is 2.14. The number of rotatable bonds is 4. The Morgan fingerprint density at radius 1 is 1.24 bits per heavy atom. The molecule has 0 spiro atoms. The summed E-state index contributed by atoms with van der Waals surface area (Å²) in [7, 11) is 0. The molecule has 2 unspecified atom stereocenters. The fourth-order valence-electron chi connectivity index (χ4n) is 2.14. The summed E-state index contributed by atoms with van der Waals surface area (Å²) in [5.41, 5.74) is 7.32. The molecule has 1 aromatic rings. The van der Waals surface area contributed by atoms with Gasteiger partial charge in [0.1, 0.15) is 13.2 Å². The molecule has 3 heteroatoms. The van der Waals surface area contributed by atoms with Gasteiger partial charge in [-0.2, -0.15) is 0 Å². The Morgan fingerprint density at radius 3 is 2.65 bits per heavy atom. The molecule has 2 N–H and O–H groups in total. The third kappa shape index (κ3) is 2.91. The topological polar surface area (TPSA) is 44.5 Å². The molecule has 17 heavy (non-hydrogen) atoms. The minimum Gasteiger partial charge on any atom is -0.486 e. The zero-order valence-electron chi connectivity index (χ0n) is 10.6. The van der Waals surface area contributed by atoms with Crippen LogP contribution < -0.4 is 15.2 Å². The molecule has 94 valence electrons. The summed E-state index contributed by atoms with van der Waals surface area (Å²) in [5, 5.41) is 0. The van der Waals surface area contributed by atoms with Crippen molar-refractivity contribution in [3.8, 4) is 11.5 Å². The van der Waals surface area contributed by atoms with Gasteiger partial charge in [-0.15, -0.1) is 0 Å². The molecule has 2 rings (SSSR count). The number of hydrogen-bond acceptors (Lipinski definition) is 3. The van der Waals surface area contributed by atoms with Crippen LogP contribution in [0.4, 0.5) is 0 Å². The second kappa shape index (κ2) is 5.41. The second-order valence-corrected chi connectivity index (χ2v) is 4.73. The molecule has 0 bridgehead atoms. The minimum atomic E-state index is 0.267. The van der Waals surface area contributed by atoms with E-state index in [-0.39, 0.29) is 6.04 Å². The summed E-state index contributed by atoms with van der Waals surface area (Å²) in [4.78, 5) is 0. The SMILES string of the molecule is CCC(N)C(C)Cc1ccc2c(c1)OCCO2. The van der Waals surface area contributed by atoms with Gasteiger partial charge < -0.3 is 15.2 Å². The van der Waals surface area contributed by atoms with Crippen LogP contribution in [-0.4, -0.2) is 19.3 Å². The summed E-state index contributed by atoms with van der Waals surface area (Å²) in [6, 6.07) is 6.44. The van der Waals surface area contributed by atoms with Crippen LogP contribution in [0.1, 0.15) is 25.8 Å². The monoisotopic (exact) mass is 235 g/mol. The lowest BCUT2D eigenvalue weighted by atomic mass is 9.93. The van der Waals surface area contributed by atoms with E-state index in [2.05, 4.69) is 26.0 Å². The van der Waals surface area contributed by atoms with Crippen LogP contribution in [0.5, 0.6) is 11.5 Å². The molecule has 2 atom stereocenters. The highest BCUT2D eigenvalue weighted by Crippen LogP contribution is 2.31. The first-order chi connectivity index (χ1) is 8.20. The van der Waals surface area contributed by atoms with Crippen LogP contribution >= 0.6 is 0 Å². The number of hydrogen-bond donors (Lipinski definition) is 1. The maximum atomic E-state index is 6.05. The Kier molecular flexibility index (Phi) is 3.89. The van der Waals surface area contributed by atoms with Crippen molar-refractivity contribution >= 4 is 0 Å². The zero-order chi connectivity index (χ0) is 12.3. The maximum Gasteiger partial charge on any atom is 0.161 e. The summed E-state index contributed by atoms with van der Waals surface area (Å²) in [6.45, 7) is 5.61. The molecule has 0 aliphatic carbocycles. The molecule has 3 nitrogen and oxygen atoms in total.